The molecule has 2 aliphatic rings. The van der Waals surface area contributed by atoms with Gasteiger partial charge in [-0.1, -0.05) is 18.2 Å². The summed E-state index contributed by atoms with van der Waals surface area (Å²) in [5.74, 6) is -2.00. The van der Waals surface area contributed by atoms with E-state index >= 15 is 0 Å². The number of pyridine rings is 1. The molecule has 0 bridgehead atoms. The lowest BCUT2D eigenvalue weighted by atomic mass is 10.1. The number of aliphatic carboxylic acids is 1. The number of carboxylic acid groups (broad SMARTS) is 1. The third-order valence-corrected chi connectivity index (χ3v) is 5.67. The highest BCUT2D eigenvalue weighted by atomic mass is 19.4. The highest BCUT2D eigenvalue weighted by Crippen LogP contribution is 2.29. The van der Waals surface area contributed by atoms with E-state index in [4.69, 9.17) is 14.6 Å². The van der Waals surface area contributed by atoms with E-state index in [9.17, 15) is 18.0 Å². The van der Waals surface area contributed by atoms with Gasteiger partial charge in [-0.25, -0.2) is 9.78 Å². The minimum absolute atomic E-state index is 0.0246. The number of benzene rings is 1. The van der Waals surface area contributed by atoms with Gasteiger partial charge in [-0.2, -0.15) is 13.2 Å². The van der Waals surface area contributed by atoms with Crippen molar-refractivity contribution in [2.45, 2.75) is 38.7 Å². The first kappa shape index (κ1) is 23.7. The maximum Gasteiger partial charge on any atom is 0.490 e. The molecule has 2 aromatic heterocycles. The smallest absolute Gasteiger partial charge is 0.475 e. The molecular formula is C23H23F3N4O4. The summed E-state index contributed by atoms with van der Waals surface area (Å²) in [6.07, 6.45) is 1.08. The average molecular weight is 476 g/mol. The highest BCUT2D eigenvalue weighted by molar-refractivity contribution is 6.05. The SMILES string of the molecule is O=C(O)C(F)(F)F.O=C(c1cccc2cccnc12)N1CCn2cnc(COCC3CC3)c2C1. The second kappa shape index (κ2) is 9.80. The molecule has 11 heteroatoms. The van der Waals surface area contributed by atoms with E-state index < -0.39 is 12.1 Å². The molecule has 1 amide bonds. The largest absolute Gasteiger partial charge is 0.490 e. The number of rotatable bonds is 5. The van der Waals surface area contributed by atoms with Gasteiger partial charge in [0.05, 0.1) is 41.9 Å². The number of halogens is 3. The first-order chi connectivity index (χ1) is 16.2. The van der Waals surface area contributed by atoms with Crippen LogP contribution in [0.15, 0.2) is 42.9 Å². The number of hydrogen-bond donors (Lipinski definition) is 1. The third-order valence-electron chi connectivity index (χ3n) is 5.67. The van der Waals surface area contributed by atoms with E-state index in [1.807, 2.05) is 41.6 Å². The maximum absolute atomic E-state index is 13.2. The predicted octanol–water partition coefficient (Wildman–Crippen LogP) is 3.65. The first-order valence-electron chi connectivity index (χ1n) is 10.8. The van der Waals surface area contributed by atoms with Crippen LogP contribution in [0, 0.1) is 5.92 Å². The van der Waals surface area contributed by atoms with Crippen molar-refractivity contribution in [3.05, 3.63) is 59.8 Å². The van der Waals surface area contributed by atoms with Crippen LogP contribution < -0.4 is 0 Å². The average Bonchev–Trinajstić information content (AvgIpc) is 3.56. The van der Waals surface area contributed by atoms with Crippen molar-refractivity contribution in [1.82, 2.24) is 19.4 Å². The van der Waals surface area contributed by atoms with Gasteiger partial charge < -0.3 is 19.3 Å². The van der Waals surface area contributed by atoms with Crippen LogP contribution in [0.2, 0.25) is 0 Å². The number of para-hydroxylation sites is 1. The van der Waals surface area contributed by atoms with Gasteiger partial charge >= 0.3 is 12.1 Å². The second-order valence-electron chi connectivity index (χ2n) is 8.20. The topological polar surface area (TPSA) is 97.5 Å². The molecule has 0 unspecified atom stereocenters. The molecule has 180 valence electrons. The molecule has 3 heterocycles. The Hall–Kier alpha value is -3.47. The molecule has 1 aliphatic carbocycles. The van der Waals surface area contributed by atoms with Crippen molar-refractivity contribution in [3.8, 4) is 0 Å². The van der Waals surface area contributed by atoms with E-state index in [-0.39, 0.29) is 5.91 Å². The fourth-order valence-corrected chi connectivity index (χ4v) is 3.66. The predicted molar refractivity (Wildman–Crippen MR) is 115 cm³/mol. The Labute approximate surface area is 193 Å². The van der Waals surface area contributed by atoms with Crippen LogP contribution in [0.3, 0.4) is 0 Å². The van der Waals surface area contributed by atoms with Crippen LogP contribution in [-0.2, 0) is 29.2 Å². The monoisotopic (exact) mass is 476 g/mol. The summed E-state index contributed by atoms with van der Waals surface area (Å²) < 4.78 is 39.7. The Balaban J connectivity index is 0.000000344. The highest BCUT2D eigenvalue weighted by Gasteiger charge is 2.38. The van der Waals surface area contributed by atoms with Gasteiger partial charge in [0.2, 0.25) is 0 Å². The molecule has 8 nitrogen and oxygen atoms in total. The Morgan fingerprint density at radius 2 is 1.85 bits per heavy atom. The van der Waals surface area contributed by atoms with Crippen molar-refractivity contribution < 1.29 is 32.6 Å². The molecule has 0 radical (unpaired) electrons. The Kier molecular flexibility index (Phi) is 6.82. The molecule has 34 heavy (non-hydrogen) atoms. The Bertz CT molecular complexity index is 1190. The number of carboxylic acids is 1. The second-order valence-corrected chi connectivity index (χ2v) is 8.20. The van der Waals surface area contributed by atoms with Crippen molar-refractivity contribution in [2.75, 3.05) is 13.2 Å². The van der Waals surface area contributed by atoms with Crippen LogP contribution >= 0.6 is 0 Å². The van der Waals surface area contributed by atoms with Crippen LogP contribution in [0.25, 0.3) is 10.9 Å². The number of fused-ring (bicyclic) bond motifs is 2. The standard InChI is InChI=1S/C21H22N4O2.C2HF3O2/c26-21(17-5-1-3-16-4-2-8-22-20(16)17)24-9-10-25-14-23-18(19(25)11-24)13-27-12-15-6-7-15;3-2(4,5)1(6)7/h1-5,8,14-15H,6-7,9-13H2;(H,6,7). The summed E-state index contributed by atoms with van der Waals surface area (Å²) in [6, 6.07) is 9.65. The summed E-state index contributed by atoms with van der Waals surface area (Å²) in [5, 5.41) is 8.11. The molecule has 0 atom stereocenters. The normalized spacial score (nSPS) is 15.4. The van der Waals surface area contributed by atoms with E-state index in [1.54, 1.807) is 6.20 Å². The Morgan fingerprint density at radius 1 is 1.12 bits per heavy atom. The molecular weight excluding hydrogens is 453 g/mol. The van der Waals surface area contributed by atoms with E-state index in [2.05, 4.69) is 14.5 Å². The van der Waals surface area contributed by atoms with Gasteiger partial charge in [0, 0.05) is 31.3 Å². The van der Waals surface area contributed by atoms with Crippen molar-refractivity contribution in [1.29, 1.82) is 0 Å². The molecule has 0 spiro atoms. The summed E-state index contributed by atoms with van der Waals surface area (Å²) in [4.78, 5) is 32.9. The number of carbonyl (C=O) groups is 2. The van der Waals surface area contributed by atoms with E-state index in [0.717, 1.165) is 41.4 Å². The minimum Gasteiger partial charge on any atom is -0.475 e. The zero-order valence-corrected chi connectivity index (χ0v) is 18.2. The molecule has 3 aromatic rings. The number of carbonyl (C=O) groups excluding carboxylic acids is 1. The van der Waals surface area contributed by atoms with Crippen molar-refractivity contribution in [2.24, 2.45) is 5.92 Å². The number of ether oxygens (including phenoxy) is 1. The molecule has 1 saturated carbocycles. The zero-order valence-electron chi connectivity index (χ0n) is 18.2. The van der Waals surface area contributed by atoms with Crippen LogP contribution in [0.1, 0.15) is 34.6 Å². The molecule has 1 fully saturated rings. The number of aromatic nitrogens is 3. The first-order valence-corrected chi connectivity index (χ1v) is 10.8. The fourth-order valence-electron chi connectivity index (χ4n) is 3.66. The lowest BCUT2D eigenvalue weighted by Crippen LogP contribution is -2.38. The third kappa shape index (κ3) is 5.53. The summed E-state index contributed by atoms with van der Waals surface area (Å²) in [5.41, 5.74) is 3.45. The fraction of sp³-hybridized carbons (Fsp3) is 0.391. The molecule has 0 saturated heterocycles. The Morgan fingerprint density at radius 3 is 2.56 bits per heavy atom. The quantitative estimate of drug-likeness (QED) is 0.604. The lowest BCUT2D eigenvalue weighted by molar-refractivity contribution is -0.192. The van der Waals surface area contributed by atoms with Crippen LogP contribution in [-0.4, -0.2) is 55.7 Å². The minimum atomic E-state index is -5.08. The van der Waals surface area contributed by atoms with Gasteiger partial charge in [-0.3, -0.25) is 9.78 Å². The van der Waals surface area contributed by atoms with Gasteiger partial charge in [0.15, 0.2) is 0 Å². The molecule has 1 N–H and O–H groups in total. The lowest BCUT2D eigenvalue weighted by Gasteiger charge is -2.29. The van der Waals surface area contributed by atoms with Crippen LogP contribution in [0.5, 0.6) is 0 Å². The van der Waals surface area contributed by atoms with Gasteiger partial charge in [0.1, 0.15) is 0 Å². The van der Waals surface area contributed by atoms with Crippen molar-refractivity contribution >= 4 is 22.8 Å². The van der Waals surface area contributed by atoms with Gasteiger partial charge in [0.25, 0.3) is 5.91 Å². The summed E-state index contributed by atoms with van der Waals surface area (Å²) >= 11 is 0. The summed E-state index contributed by atoms with van der Waals surface area (Å²) in [6.45, 7) is 3.33. The van der Waals surface area contributed by atoms with E-state index in [0.29, 0.717) is 25.3 Å². The van der Waals surface area contributed by atoms with Crippen molar-refractivity contribution in [3.63, 3.8) is 0 Å². The number of hydrogen-bond acceptors (Lipinski definition) is 5. The number of imidazole rings is 1. The van der Waals surface area contributed by atoms with Gasteiger partial charge in [-0.15, -0.1) is 0 Å². The van der Waals surface area contributed by atoms with Gasteiger partial charge in [-0.05, 0) is 30.9 Å². The molecule has 5 rings (SSSR count). The zero-order chi connectivity index (χ0) is 24.3. The summed E-state index contributed by atoms with van der Waals surface area (Å²) in [7, 11) is 0. The maximum atomic E-state index is 13.2. The number of nitrogens with zero attached hydrogens (tertiary/aromatic N) is 4. The van der Waals surface area contributed by atoms with Crippen LogP contribution in [0.4, 0.5) is 13.2 Å². The molecule has 1 aromatic carbocycles. The molecule has 1 aliphatic heterocycles. The number of amides is 1. The van der Waals surface area contributed by atoms with E-state index in [1.165, 1.54) is 12.8 Å². The number of alkyl halides is 3.